The third kappa shape index (κ3) is 5.37. The molecule has 2 aromatic rings. The fourth-order valence-corrected chi connectivity index (χ4v) is 3.85. The molecule has 1 atom stereocenters. The molecule has 0 bridgehead atoms. The lowest BCUT2D eigenvalue weighted by Gasteiger charge is -2.23. The van der Waals surface area contributed by atoms with Crippen LogP contribution in [-0.2, 0) is 17.9 Å². The summed E-state index contributed by atoms with van der Waals surface area (Å²) in [5, 5.41) is 6.48. The van der Waals surface area contributed by atoms with Gasteiger partial charge in [0.05, 0.1) is 5.69 Å². The van der Waals surface area contributed by atoms with Crippen LogP contribution in [0.15, 0.2) is 48.7 Å². The summed E-state index contributed by atoms with van der Waals surface area (Å²) < 4.78 is 5.74. The van der Waals surface area contributed by atoms with Crippen molar-refractivity contribution in [2.24, 2.45) is 11.3 Å². The number of amides is 1. The minimum Gasteiger partial charge on any atom is -0.487 e. The number of carbonyl (C=O) groups excluding carboxylic acids is 1. The number of hydrogen-bond donors (Lipinski definition) is 2. The Balaban J connectivity index is 0.00000140. The Kier molecular flexibility index (Phi) is 8.10. The second-order valence-corrected chi connectivity index (χ2v) is 7.34. The molecule has 7 heteroatoms. The standard InChI is InChI=1S/C21H25N3O2.2ClH/c25-20(19-13-21(19)8-11-22-12-9-21)24-14-16-4-6-18(7-5-16)26-15-17-3-1-2-10-23-17;;/h1-7,10,19,22H,8-9,11-15H2,(H,24,25);2*1H. The molecule has 5 nitrogen and oxygen atoms in total. The number of ether oxygens (including phenoxy) is 1. The molecule has 1 unspecified atom stereocenters. The van der Waals surface area contributed by atoms with Crippen LogP contribution in [0, 0.1) is 11.3 Å². The summed E-state index contributed by atoms with van der Waals surface area (Å²) in [6.07, 6.45) is 5.08. The van der Waals surface area contributed by atoms with Gasteiger partial charge in [0.2, 0.25) is 5.91 Å². The van der Waals surface area contributed by atoms with Crippen LogP contribution in [0.1, 0.15) is 30.5 Å². The highest BCUT2D eigenvalue weighted by atomic mass is 35.5. The number of nitrogens with one attached hydrogen (secondary N) is 2. The summed E-state index contributed by atoms with van der Waals surface area (Å²) in [5.41, 5.74) is 2.28. The van der Waals surface area contributed by atoms with Gasteiger partial charge in [-0.15, -0.1) is 24.8 Å². The van der Waals surface area contributed by atoms with Gasteiger partial charge in [0.1, 0.15) is 12.4 Å². The number of benzene rings is 1. The van der Waals surface area contributed by atoms with E-state index in [1.165, 1.54) is 0 Å². The molecule has 2 N–H and O–H groups in total. The minimum absolute atomic E-state index is 0. The summed E-state index contributed by atoms with van der Waals surface area (Å²) in [6, 6.07) is 13.7. The number of nitrogens with zero attached hydrogens (tertiary/aromatic N) is 1. The van der Waals surface area contributed by atoms with Gasteiger partial charge in [0, 0.05) is 18.7 Å². The highest BCUT2D eigenvalue weighted by molar-refractivity contribution is 5.85. The van der Waals surface area contributed by atoms with Crippen LogP contribution in [-0.4, -0.2) is 24.0 Å². The van der Waals surface area contributed by atoms with E-state index in [1.54, 1.807) is 6.20 Å². The maximum atomic E-state index is 12.4. The van der Waals surface area contributed by atoms with Gasteiger partial charge in [-0.1, -0.05) is 18.2 Å². The summed E-state index contributed by atoms with van der Waals surface area (Å²) in [5.74, 6) is 1.23. The van der Waals surface area contributed by atoms with Gasteiger partial charge >= 0.3 is 0 Å². The maximum Gasteiger partial charge on any atom is 0.223 e. The molecule has 1 aliphatic heterocycles. The van der Waals surface area contributed by atoms with Crippen LogP contribution in [0.25, 0.3) is 0 Å². The van der Waals surface area contributed by atoms with Crippen molar-refractivity contribution < 1.29 is 9.53 Å². The molecule has 2 fully saturated rings. The molecule has 2 heterocycles. The Morgan fingerprint density at radius 2 is 1.89 bits per heavy atom. The lowest BCUT2D eigenvalue weighted by molar-refractivity contribution is -0.123. The van der Waals surface area contributed by atoms with Crippen LogP contribution < -0.4 is 15.4 Å². The van der Waals surface area contributed by atoms with Gasteiger partial charge in [-0.05, 0) is 67.6 Å². The van der Waals surface area contributed by atoms with Gasteiger partial charge in [0.25, 0.3) is 0 Å². The predicted octanol–water partition coefficient (Wildman–Crippen LogP) is 3.51. The normalized spacial score (nSPS) is 19.1. The summed E-state index contributed by atoms with van der Waals surface area (Å²) in [7, 11) is 0. The number of carbonyl (C=O) groups is 1. The second-order valence-electron chi connectivity index (χ2n) is 7.34. The van der Waals surface area contributed by atoms with E-state index >= 15 is 0 Å². The van der Waals surface area contributed by atoms with Gasteiger partial charge in [-0.3, -0.25) is 9.78 Å². The van der Waals surface area contributed by atoms with Crippen molar-refractivity contribution in [2.75, 3.05) is 13.1 Å². The van der Waals surface area contributed by atoms with Crippen molar-refractivity contribution in [3.05, 3.63) is 59.9 Å². The Hall–Kier alpha value is -1.82. The molecule has 0 radical (unpaired) electrons. The molecule has 1 aliphatic carbocycles. The van der Waals surface area contributed by atoms with Crippen LogP contribution in [0.4, 0.5) is 0 Å². The van der Waals surface area contributed by atoms with Crippen molar-refractivity contribution in [2.45, 2.75) is 32.4 Å². The Labute approximate surface area is 178 Å². The van der Waals surface area contributed by atoms with Crippen molar-refractivity contribution >= 4 is 30.7 Å². The van der Waals surface area contributed by atoms with E-state index in [0.29, 0.717) is 18.6 Å². The first-order valence-electron chi connectivity index (χ1n) is 9.35. The first-order valence-corrected chi connectivity index (χ1v) is 9.35. The fourth-order valence-electron chi connectivity index (χ4n) is 3.85. The van der Waals surface area contributed by atoms with E-state index in [2.05, 4.69) is 15.6 Å². The summed E-state index contributed by atoms with van der Waals surface area (Å²) in [6.45, 7) is 3.12. The van der Waals surface area contributed by atoms with Gasteiger partial charge in [-0.2, -0.15) is 0 Å². The van der Waals surface area contributed by atoms with Crippen molar-refractivity contribution in [3.63, 3.8) is 0 Å². The molecule has 152 valence electrons. The van der Waals surface area contributed by atoms with Crippen molar-refractivity contribution in [1.82, 2.24) is 15.6 Å². The van der Waals surface area contributed by atoms with E-state index in [4.69, 9.17) is 4.74 Å². The monoisotopic (exact) mass is 423 g/mol. The average Bonchev–Trinajstić information content (AvgIpc) is 3.39. The smallest absolute Gasteiger partial charge is 0.223 e. The summed E-state index contributed by atoms with van der Waals surface area (Å²) in [4.78, 5) is 16.7. The Morgan fingerprint density at radius 3 is 2.57 bits per heavy atom. The van der Waals surface area contributed by atoms with Gasteiger partial charge in [0.15, 0.2) is 0 Å². The van der Waals surface area contributed by atoms with Crippen LogP contribution in [0.2, 0.25) is 0 Å². The molecule has 4 rings (SSSR count). The maximum absolute atomic E-state index is 12.4. The van der Waals surface area contributed by atoms with Crippen LogP contribution >= 0.6 is 24.8 Å². The number of halogens is 2. The highest BCUT2D eigenvalue weighted by Crippen LogP contribution is 2.58. The molecular formula is C21H27Cl2N3O2. The zero-order valence-electron chi connectivity index (χ0n) is 15.7. The van der Waals surface area contributed by atoms with E-state index in [-0.39, 0.29) is 36.6 Å². The van der Waals surface area contributed by atoms with E-state index in [0.717, 1.165) is 49.4 Å². The average molecular weight is 424 g/mol. The minimum atomic E-state index is 0. The second kappa shape index (κ2) is 10.1. The molecule has 28 heavy (non-hydrogen) atoms. The third-order valence-corrected chi connectivity index (χ3v) is 5.61. The van der Waals surface area contributed by atoms with E-state index in [9.17, 15) is 4.79 Å². The predicted molar refractivity (Wildman–Crippen MR) is 114 cm³/mol. The highest BCUT2D eigenvalue weighted by Gasteiger charge is 2.57. The zero-order chi connectivity index (χ0) is 17.8. The molecule has 1 aromatic carbocycles. The van der Waals surface area contributed by atoms with Gasteiger partial charge in [-0.25, -0.2) is 0 Å². The number of rotatable bonds is 6. The van der Waals surface area contributed by atoms with E-state index < -0.39 is 0 Å². The van der Waals surface area contributed by atoms with Gasteiger partial charge < -0.3 is 15.4 Å². The molecule has 1 aromatic heterocycles. The molecule has 1 spiro atoms. The molecule has 1 saturated carbocycles. The molecule has 1 amide bonds. The Morgan fingerprint density at radius 1 is 1.14 bits per heavy atom. The van der Waals surface area contributed by atoms with Crippen LogP contribution in [0.3, 0.4) is 0 Å². The quantitative estimate of drug-likeness (QED) is 0.745. The van der Waals surface area contributed by atoms with Crippen molar-refractivity contribution in [1.29, 1.82) is 0 Å². The lowest BCUT2D eigenvalue weighted by atomic mass is 9.92. The molecular weight excluding hydrogens is 397 g/mol. The number of pyridine rings is 1. The number of piperidine rings is 1. The number of aromatic nitrogens is 1. The van der Waals surface area contributed by atoms with E-state index in [1.807, 2.05) is 42.5 Å². The summed E-state index contributed by atoms with van der Waals surface area (Å²) >= 11 is 0. The number of hydrogen-bond acceptors (Lipinski definition) is 4. The lowest BCUT2D eigenvalue weighted by Crippen LogP contribution is -2.33. The third-order valence-electron chi connectivity index (χ3n) is 5.61. The van der Waals surface area contributed by atoms with Crippen LogP contribution in [0.5, 0.6) is 5.75 Å². The first-order chi connectivity index (χ1) is 12.8. The Bertz CT molecular complexity index is 750. The molecule has 2 aliphatic rings. The molecule has 1 saturated heterocycles. The largest absolute Gasteiger partial charge is 0.487 e. The SMILES string of the molecule is Cl.Cl.O=C(NCc1ccc(OCc2ccccn2)cc1)C1CC12CCNCC2. The zero-order valence-corrected chi connectivity index (χ0v) is 17.4. The topological polar surface area (TPSA) is 63.2 Å². The first kappa shape index (κ1) is 22.5. The fraction of sp³-hybridized carbons (Fsp3) is 0.429. The van der Waals surface area contributed by atoms with Crippen molar-refractivity contribution in [3.8, 4) is 5.75 Å².